The highest BCUT2D eigenvalue weighted by atomic mass is 16.3. The molecule has 59 heavy (non-hydrogen) atoms. The van der Waals surface area contributed by atoms with Crippen LogP contribution in [0.3, 0.4) is 0 Å². The van der Waals surface area contributed by atoms with Gasteiger partial charge in [0.05, 0.1) is 5.56 Å². The fourth-order valence-electron chi connectivity index (χ4n) is 9.11. The Morgan fingerprint density at radius 1 is 0.458 bits per heavy atom. The largest absolute Gasteiger partial charge is 0.456 e. The molecule has 1 unspecified atom stereocenters. The molecule has 0 aliphatic heterocycles. The Morgan fingerprint density at radius 3 is 1.93 bits per heavy atom. The molecule has 0 amide bonds. The Balaban J connectivity index is 1.07. The number of hydrogen-bond donors (Lipinski definition) is 0. The molecule has 0 saturated carbocycles. The van der Waals surface area contributed by atoms with Crippen LogP contribution in [0.25, 0.3) is 112 Å². The van der Waals surface area contributed by atoms with E-state index in [0.29, 0.717) is 17.5 Å². The maximum Gasteiger partial charge on any atom is 0.167 e. The molecule has 3 heterocycles. The van der Waals surface area contributed by atoms with Gasteiger partial charge in [-0.25, -0.2) is 15.0 Å². The van der Waals surface area contributed by atoms with E-state index in [-0.39, 0.29) is 5.92 Å². The van der Waals surface area contributed by atoms with E-state index in [0.717, 1.165) is 83.3 Å². The highest BCUT2D eigenvalue weighted by molar-refractivity contribution is 6.11. The fourth-order valence-corrected chi connectivity index (χ4v) is 9.11. The predicted molar refractivity (Wildman–Crippen MR) is 240 cm³/mol. The molecule has 278 valence electrons. The topological polar surface area (TPSA) is 65.0 Å². The van der Waals surface area contributed by atoms with Gasteiger partial charge < -0.3 is 8.83 Å². The number of nitrogens with zero attached hydrogens (tertiary/aromatic N) is 3. The average Bonchev–Trinajstić information content (AvgIpc) is 3.87. The molecule has 0 radical (unpaired) electrons. The summed E-state index contributed by atoms with van der Waals surface area (Å²) in [7, 11) is 0. The highest BCUT2D eigenvalue weighted by Crippen LogP contribution is 2.38. The Morgan fingerprint density at radius 2 is 1.07 bits per heavy atom. The van der Waals surface area contributed by atoms with Gasteiger partial charge >= 0.3 is 0 Å². The number of hydrogen-bond acceptors (Lipinski definition) is 5. The standard InChI is InChI=1S/C54H35N3O2/c1-32-29-45(40-16-10-22-49-50(40)43-14-5-7-21-48(43)58-49)38-15-8-18-42(46(38)30-32)53-55-52(35-26-23-34(24-27-35)37-28-25-33-11-2-3-12-36(33)31-37)56-54(57-53)44-19-9-17-41-39-13-4-6-20-47(39)59-51(41)44/h2-28,30-32H,29H2,1H3. The first kappa shape index (κ1) is 33.5. The smallest absolute Gasteiger partial charge is 0.167 e. The number of para-hydroxylation sites is 3. The van der Waals surface area contributed by atoms with Crippen molar-refractivity contribution < 1.29 is 8.83 Å². The van der Waals surface area contributed by atoms with Crippen molar-refractivity contribution in [3.8, 4) is 45.3 Å². The minimum Gasteiger partial charge on any atom is -0.456 e. The number of aromatic nitrogens is 3. The van der Waals surface area contributed by atoms with Crippen LogP contribution in [-0.4, -0.2) is 15.0 Å². The van der Waals surface area contributed by atoms with Crippen LogP contribution in [0, 0.1) is 5.92 Å². The molecule has 8 aromatic carbocycles. The molecule has 3 aromatic heterocycles. The normalized spacial score (nSPS) is 14.1. The second-order valence-electron chi connectivity index (χ2n) is 15.6. The van der Waals surface area contributed by atoms with Crippen molar-refractivity contribution in [1.82, 2.24) is 15.0 Å². The molecule has 0 N–H and O–H groups in total. The molecule has 0 fully saturated rings. The SMILES string of the molecule is CC1C=c2c(-c3nc(-c4ccc(-c5ccc6ccccc6c5)cc4)nc(-c4cccc5c4oc4ccccc45)n3)cccc2=C(c2cccc3oc4ccccc4c23)C1. The monoisotopic (exact) mass is 757 g/mol. The van der Waals surface area contributed by atoms with E-state index >= 15 is 0 Å². The summed E-state index contributed by atoms with van der Waals surface area (Å²) < 4.78 is 12.9. The molecule has 1 aliphatic rings. The molecule has 1 atom stereocenters. The summed E-state index contributed by atoms with van der Waals surface area (Å²) in [5, 5.41) is 9.12. The van der Waals surface area contributed by atoms with Crippen molar-refractivity contribution in [2.24, 2.45) is 5.92 Å². The fraction of sp³-hybridized carbons (Fsp3) is 0.0556. The zero-order chi connectivity index (χ0) is 39.0. The van der Waals surface area contributed by atoms with Crippen LogP contribution < -0.4 is 10.4 Å². The summed E-state index contributed by atoms with van der Waals surface area (Å²) in [5.41, 5.74) is 10.9. The predicted octanol–water partition coefficient (Wildman–Crippen LogP) is 12.5. The van der Waals surface area contributed by atoms with E-state index in [2.05, 4.69) is 146 Å². The molecule has 12 rings (SSSR count). The van der Waals surface area contributed by atoms with Gasteiger partial charge in [-0.05, 0) is 86.1 Å². The quantitative estimate of drug-likeness (QED) is 0.175. The van der Waals surface area contributed by atoms with Gasteiger partial charge in [0.15, 0.2) is 17.5 Å². The lowest BCUT2D eigenvalue weighted by Gasteiger charge is -2.19. The molecular formula is C54H35N3O2. The Hall–Kier alpha value is -7.63. The lowest BCUT2D eigenvalue weighted by molar-refractivity contribution is 0.668. The van der Waals surface area contributed by atoms with E-state index in [1.807, 2.05) is 36.4 Å². The van der Waals surface area contributed by atoms with Crippen molar-refractivity contribution in [2.45, 2.75) is 13.3 Å². The van der Waals surface area contributed by atoms with Gasteiger partial charge in [-0.2, -0.15) is 0 Å². The van der Waals surface area contributed by atoms with E-state index in [1.54, 1.807) is 0 Å². The van der Waals surface area contributed by atoms with Crippen molar-refractivity contribution in [1.29, 1.82) is 0 Å². The minimum atomic E-state index is 0.278. The maximum absolute atomic E-state index is 6.53. The maximum atomic E-state index is 6.53. The van der Waals surface area contributed by atoms with Crippen LogP contribution in [0.5, 0.6) is 0 Å². The molecule has 0 saturated heterocycles. The van der Waals surface area contributed by atoms with Gasteiger partial charge in [-0.1, -0.05) is 153 Å². The van der Waals surface area contributed by atoms with Crippen LogP contribution in [0.1, 0.15) is 18.9 Å². The van der Waals surface area contributed by atoms with Gasteiger partial charge in [-0.3, -0.25) is 0 Å². The molecule has 11 aromatic rings. The first-order valence-electron chi connectivity index (χ1n) is 20.1. The zero-order valence-electron chi connectivity index (χ0n) is 32.2. The third kappa shape index (κ3) is 5.50. The third-order valence-electron chi connectivity index (χ3n) is 11.9. The number of furan rings is 2. The number of fused-ring (bicyclic) bond motifs is 8. The molecular weight excluding hydrogens is 723 g/mol. The van der Waals surface area contributed by atoms with Crippen LogP contribution in [0.15, 0.2) is 179 Å². The molecule has 5 heteroatoms. The molecule has 0 spiro atoms. The van der Waals surface area contributed by atoms with Crippen LogP contribution >= 0.6 is 0 Å². The summed E-state index contributed by atoms with van der Waals surface area (Å²) in [6.45, 7) is 2.29. The lowest BCUT2D eigenvalue weighted by atomic mass is 9.85. The van der Waals surface area contributed by atoms with Crippen LogP contribution in [0.2, 0.25) is 0 Å². The first-order valence-corrected chi connectivity index (χ1v) is 20.1. The summed E-state index contributed by atoms with van der Waals surface area (Å²) in [6.07, 6.45) is 3.28. The van der Waals surface area contributed by atoms with Gasteiger partial charge in [-0.15, -0.1) is 0 Å². The minimum absolute atomic E-state index is 0.278. The summed E-state index contributed by atoms with van der Waals surface area (Å²) in [4.78, 5) is 15.8. The van der Waals surface area contributed by atoms with E-state index in [4.69, 9.17) is 23.8 Å². The van der Waals surface area contributed by atoms with Crippen molar-refractivity contribution in [3.05, 3.63) is 186 Å². The lowest BCUT2D eigenvalue weighted by Crippen LogP contribution is -2.34. The number of benzene rings is 8. The number of rotatable bonds is 5. The van der Waals surface area contributed by atoms with Crippen LogP contribution in [-0.2, 0) is 0 Å². The molecule has 5 nitrogen and oxygen atoms in total. The van der Waals surface area contributed by atoms with Gasteiger partial charge in [0.2, 0.25) is 0 Å². The zero-order valence-corrected chi connectivity index (χ0v) is 32.2. The summed E-state index contributed by atoms with van der Waals surface area (Å²) in [5.74, 6) is 2.06. The highest BCUT2D eigenvalue weighted by Gasteiger charge is 2.22. The average molecular weight is 758 g/mol. The molecule has 0 bridgehead atoms. The van der Waals surface area contributed by atoms with Gasteiger partial charge in [0, 0.05) is 32.7 Å². The third-order valence-corrected chi connectivity index (χ3v) is 11.9. The Kier molecular flexibility index (Phi) is 7.51. The summed E-state index contributed by atoms with van der Waals surface area (Å²) in [6, 6.07) is 59.2. The summed E-state index contributed by atoms with van der Waals surface area (Å²) >= 11 is 0. The second-order valence-corrected chi connectivity index (χ2v) is 15.6. The van der Waals surface area contributed by atoms with Crippen molar-refractivity contribution >= 4 is 66.3 Å². The van der Waals surface area contributed by atoms with E-state index in [9.17, 15) is 0 Å². The van der Waals surface area contributed by atoms with E-state index in [1.165, 1.54) is 27.1 Å². The van der Waals surface area contributed by atoms with Crippen molar-refractivity contribution in [3.63, 3.8) is 0 Å². The van der Waals surface area contributed by atoms with Gasteiger partial charge in [0.25, 0.3) is 0 Å². The Labute approximate surface area is 339 Å². The second kappa shape index (κ2) is 13.2. The first-order chi connectivity index (χ1) is 29.1. The van der Waals surface area contributed by atoms with E-state index < -0.39 is 0 Å². The Bertz CT molecular complexity index is 3620. The van der Waals surface area contributed by atoms with Crippen LogP contribution in [0.4, 0.5) is 0 Å². The van der Waals surface area contributed by atoms with Gasteiger partial charge in [0.1, 0.15) is 22.3 Å². The van der Waals surface area contributed by atoms with Crippen molar-refractivity contribution in [2.75, 3.05) is 0 Å². The molecule has 1 aliphatic carbocycles.